The van der Waals surface area contributed by atoms with Crippen molar-refractivity contribution in [3.05, 3.63) is 113 Å². The van der Waals surface area contributed by atoms with Crippen molar-refractivity contribution in [1.82, 2.24) is 5.32 Å². The molecule has 1 heterocycles. The van der Waals surface area contributed by atoms with Crippen molar-refractivity contribution in [3.8, 4) is 0 Å². The Morgan fingerprint density at radius 2 is 1.57 bits per heavy atom. The number of anilines is 1. The minimum Gasteiger partial charge on any atom is -0.452 e. The number of hydrogen-bond acceptors (Lipinski definition) is 5. The summed E-state index contributed by atoms with van der Waals surface area (Å²) < 4.78 is 5.21. The number of ether oxygens (including phenoxy) is 1. The first kappa shape index (κ1) is 23.9. The number of amides is 3. The Kier molecular flexibility index (Phi) is 6.27. The first-order valence-electron chi connectivity index (χ1n) is 11.9. The Labute approximate surface area is 213 Å². The van der Waals surface area contributed by atoms with Gasteiger partial charge in [-0.15, -0.1) is 0 Å². The molecule has 3 amide bonds. The molecule has 1 aliphatic heterocycles. The van der Waals surface area contributed by atoms with E-state index in [1.165, 1.54) is 18.2 Å². The molecule has 37 heavy (non-hydrogen) atoms. The summed E-state index contributed by atoms with van der Waals surface area (Å²) in [6.07, 6.45) is 0. The molecule has 0 bridgehead atoms. The third-order valence-electron chi connectivity index (χ3n) is 6.48. The standard InChI is InChI=1S/C30H24N2O5/c1-18-8-3-6-13-26(18)32-28(34)24-15-14-21(16-25(24)29(32)35)30(36)37-17-27(33)31-19(2)22-12-7-10-20-9-4-5-11-23(20)22/h3-16,19H,17H2,1-2H3,(H,31,33). The Morgan fingerprint density at radius 3 is 2.38 bits per heavy atom. The van der Waals surface area contributed by atoms with Gasteiger partial charge in [0.25, 0.3) is 17.7 Å². The second-order valence-electron chi connectivity index (χ2n) is 8.93. The normalized spacial score (nSPS) is 13.4. The second-order valence-corrected chi connectivity index (χ2v) is 8.93. The van der Waals surface area contributed by atoms with E-state index in [-0.39, 0.29) is 22.7 Å². The van der Waals surface area contributed by atoms with E-state index in [1.807, 2.05) is 68.4 Å². The zero-order valence-corrected chi connectivity index (χ0v) is 20.4. The van der Waals surface area contributed by atoms with Gasteiger partial charge in [0, 0.05) is 0 Å². The summed E-state index contributed by atoms with van der Waals surface area (Å²) in [5, 5.41) is 4.96. The highest BCUT2D eigenvalue weighted by molar-refractivity contribution is 6.35. The van der Waals surface area contributed by atoms with Gasteiger partial charge in [-0.3, -0.25) is 14.4 Å². The summed E-state index contributed by atoms with van der Waals surface area (Å²) in [5.74, 6) is -2.17. The van der Waals surface area contributed by atoms with Gasteiger partial charge in [-0.05, 0) is 60.0 Å². The second kappa shape index (κ2) is 9.70. The molecule has 184 valence electrons. The molecule has 5 rings (SSSR count). The summed E-state index contributed by atoms with van der Waals surface area (Å²) in [6, 6.07) is 24.8. The van der Waals surface area contributed by atoms with Crippen molar-refractivity contribution >= 4 is 40.2 Å². The molecule has 0 radical (unpaired) electrons. The SMILES string of the molecule is Cc1ccccc1N1C(=O)c2ccc(C(=O)OCC(=O)NC(C)c3cccc4ccccc34)cc2C1=O. The molecule has 0 aromatic heterocycles. The van der Waals surface area contributed by atoms with Crippen LogP contribution in [-0.4, -0.2) is 30.3 Å². The molecule has 0 fully saturated rings. The minimum atomic E-state index is -0.759. The van der Waals surface area contributed by atoms with E-state index in [1.54, 1.807) is 12.1 Å². The van der Waals surface area contributed by atoms with Gasteiger partial charge in [0.05, 0.1) is 28.4 Å². The van der Waals surface area contributed by atoms with Gasteiger partial charge in [0.15, 0.2) is 6.61 Å². The molecule has 0 spiro atoms. The number of benzene rings is 4. The van der Waals surface area contributed by atoms with E-state index < -0.39 is 30.3 Å². The van der Waals surface area contributed by atoms with E-state index in [2.05, 4.69) is 5.32 Å². The number of carbonyl (C=O) groups excluding carboxylic acids is 4. The molecule has 7 heteroatoms. The molecule has 0 saturated heterocycles. The number of aryl methyl sites for hydroxylation is 1. The maximum atomic E-state index is 13.0. The molecule has 1 aliphatic rings. The van der Waals surface area contributed by atoms with E-state index in [4.69, 9.17) is 4.74 Å². The number of imide groups is 1. The fourth-order valence-electron chi connectivity index (χ4n) is 4.60. The van der Waals surface area contributed by atoms with Crippen molar-refractivity contribution in [2.24, 2.45) is 0 Å². The highest BCUT2D eigenvalue weighted by Crippen LogP contribution is 2.31. The van der Waals surface area contributed by atoms with Crippen molar-refractivity contribution in [1.29, 1.82) is 0 Å². The molecule has 1 N–H and O–H groups in total. The predicted octanol–water partition coefficient (Wildman–Crippen LogP) is 4.98. The summed E-state index contributed by atoms with van der Waals surface area (Å²) in [4.78, 5) is 52.2. The number of nitrogens with one attached hydrogen (secondary N) is 1. The Balaban J connectivity index is 1.25. The van der Waals surface area contributed by atoms with Crippen molar-refractivity contribution in [2.45, 2.75) is 19.9 Å². The van der Waals surface area contributed by atoms with Crippen LogP contribution in [0.1, 0.15) is 55.2 Å². The van der Waals surface area contributed by atoms with E-state index in [0.717, 1.165) is 26.8 Å². The fraction of sp³-hybridized carbons (Fsp3) is 0.133. The molecule has 1 unspecified atom stereocenters. The number of fused-ring (bicyclic) bond motifs is 2. The lowest BCUT2D eigenvalue weighted by Crippen LogP contribution is -2.31. The zero-order valence-electron chi connectivity index (χ0n) is 20.4. The maximum Gasteiger partial charge on any atom is 0.338 e. The van der Waals surface area contributed by atoms with Crippen LogP contribution < -0.4 is 10.2 Å². The lowest BCUT2D eigenvalue weighted by molar-refractivity contribution is -0.124. The first-order valence-corrected chi connectivity index (χ1v) is 11.9. The number of para-hydroxylation sites is 1. The van der Waals surface area contributed by atoms with Gasteiger partial charge in [0.2, 0.25) is 0 Å². The number of nitrogens with zero attached hydrogens (tertiary/aromatic N) is 1. The number of hydrogen-bond donors (Lipinski definition) is 1. The van der Waals surface area contributed by atoms with Gasteiger partial charge in [-0.2, -0.15) is 0 Å². The average molecular weight is 493 g/mol. The van der Waals surface area contributed by atoms with Crippen LogP contribution in [0.15, 0.2) is 84.9 Å². The summed E-state index contributed by atoms with van der Waals surface area (Å²) >= 11 is 0. The van der Waals surface area contributed by atoms with Crippen LogP contribution in [0.4, 0.5) is 5.69 Å². The van der Waals surface area contributed by atoms with Crippen LogP contribution >= 0.6 is 0 Å². The van der Waals surface area contributed by atoms with Crippen LogP contribution in [0.25, 0.3) is 10.8 Å². The van der Waals surface area contributed by atoms with Crippen molar-refractivity contribution in [3.63, 3.8) is 0 Å². The molecular weight excluding hydrogens is 468 g/mol. The predicted molar refractivity (Wildman–Crippen MR) is 140 cm³/mol. The number of carbonyl (C=O) groups is 4. The Bertz CT molecular complexity index is 1570. The van der Waals surface area contributed by atoms with Crippen molar-refractivity contribution in [2.75, 3.05) is 11.5 Å². The number of esters is 1. The quantitative estimate of drug-likeness (QED) is 0.303. The van der Waals surface area contributed by atoms with Crippen LogP contribution in [0.2, 0.25) is 0 Å². The number of rotatable bonds is 6. The van der Waals surface area contributed by atoms with Crippen LogP contribution in [-0.2, 0) is 9.53 Å². The minimum absolute atomic E-state index is 0.0847. The molecule has 4 aromatic rings. The average Bonchev–Trinajstić information content (AvgIpc) is 3.16. The molecular formula is C30H24N2O5. The molecule has 4 aromatic carbocycles. The van der Waals surface area contributed by atoms with Crippen LogP contribution in [0.3, 0.4) is 0 Å². The van der Waals surface area contributed by atoms with Gasteiger partial charge in [0.1, 0.15) is 0 Å². The van der Waals surface area contributed by atoms with Crippen LogP contribution in [0.5, 0.6) is 0 Å². The van der Waals surface area contributed by atoms with E-state index in [0.29, 0.717) is 5.69 Å². The van der Waals surface area contributed by atoms with Gasteiger partial charge in [-0.1, -0.05) is 60.7 Å². The summed E-state index contributed by atoms with van der Waals surface area (Å²) in [5.41, 5.74) is 2.65. The highest BCUT2D eigenvalue weighted by atomic mass is 16.5. The molecule has 0 aliphatic carbocycles. The van der Waals surface area contributed by atoms with Gasteiger partial charge >= 0.3 is 5.97 Å². The zero-order chi connectivity index (χ0) is 26.1. The lowest BCUT2D eigenvalue weighted by atomic mass is 10.00. The Hall–Kier alpha value is -4.78. The largest absolute Gasteiger partial charge is 0.452 e. The maximum absolute atomic E-state index is 13.0. The van der Waals surface area contributed by atoms with Crippen molar-refractivity contribution < 1.29 is 23.9 Å². The Morgan fingerprint density at radius 1 is 0.865 bits per heavy atom. The van der Waals surface area contributed by atoms with Gasteiger partial charge < -0.3 is 10.1 Å². The highest BCUT2D eigenvalue weighted by Gasteiger charge is 2.37. The fourth-order valence-corrected chi connectivity index (χ4v) is 4.60. The molecule has 0 saturated carbocycles. The van der Waals surface area contributed by atoms with E-state index >= 15 is 0 Å². The molecule has 7 nitrogen and oxygen atoms in total. The van der Waals surface area contributed by atoms with E-state index in [9.17, 15) is 19.2 Å². The summed E-state index contributed by atoms with van der Waals surface area (Å²) in [7, 11) is 0. The third kappa shape index (κ3) is 4.47. The molecule has 1 atom stereocenters. The third-order valence-corrected chi connectivity index (χ3v) is 6.48. The summed E-state index contributed by atoms with van der Waals surface area (Å²) in [6.45, 7) is 3.20. The monoisotopic (exact) mass is 492 g/mol. The lowest BCUT2D eigenvalue weighted by Gasteiger charge is -2.16. The van der Waals surface area contributed by atoms with Gasteiger partial charge in [-0.25, -0.2) is 9.69 Å². The van der Waals surface area contributed by atoms with Crippen LogP contribution in [0, 0.1) is 6.92 Å². The topological polar surface area (TPSA) is 92.8 Å². The smallest absolute Gasteiger partial charge is 0.338 e. The first-order chi connectivity index (χ1) is 17.8.